The van der Waals surface area contributed by atoms with Gasteiger partial charge in [-0.15, -0.1) is 23.5 Å². The number of hydrogen-bond acceptors (Lipinski definition) is 4. The fourth-order valence-corrected chi connectivity index (χ4v) is 3.90. The largest absolute Gasteiger partial charge is 0.324 e. The molecular formula is C17H16N2O2S2. The number of nitrogens with one attached hydrogen (secondary N) is 1. The molecule has 2 aromatic carbocycles. The van der Waals surface area contributed by atoms with Gasteiger partial charge >= 0.3 is 0 Å². The summed E-state index contributed by atoms with van der Waals surface area (Å²) in [4.78, 5) is 28.2. The predicted octanol–water partition coefficient (Wildman–Crippen LogP) is 3.49. The van der Waals surface area contributed by atoms with E-state index in [0.717, 1.165) is 21.2 Å². The molecule has 0 aromatic heterocycles. The minimum Gasteiger partial charge on any atom is -0.324 e. The third kappa shape index (κ3) is 3.54. The zero-order valence-corrected chi connectivity index (χ0v) is 14.2. The Labute approximate surface area is 143 Å². The molecule has 0 unspecified atom stereocenters. The highest BCUT2D eigenvalue weighted by Crippen LogP contribution is 2.34. The summed E-state index contributed by atoms with van der Waals surface area (Å²) >= 11 is 3.09. The van der Waals surface area contributed by atoms with E-state index in [1.807, 2.05) is 54.8 Å². The second kappa shape index (κ2) is 7.10. The Balaban J connectivity index is 1.76. The summed E-state index contributed by atoms with van der Waals surface area (Å²) in [6.45, 7) is 0.0269. The molecule has 1 N–H and O–H groups in total. The normalized spacial score (nSPS) is 13.6. The van der Waals surface area contributed by atoms with Crippen molar-refractivity contribution in [2.75, 3.05) is 28.8 Å². The Morgan fingerprint density at radius 3 is 2.78 bits per heavy atom. The number of anilines is 2. The monoisotopic (exact) mass is 344 g/mol. The number of hydrogen-bond donors (Lipinski definition) is 1. The third-order valence-electron chi connectivity index (χ3n) is 3.49. The van der Waals surface area contributed by atoms with Gasteiger partial charge in [0.25, 0.3) is 0 Å². The summed E-state index contributed by atoms with van der Waals surface area (Å²) in [6.07, 6.45) is 1.96. The van der Waals surface area contributed by atoms with Gasteiger partial charge in [0.2, 0.25) is 11.8 Å². The zero-order chi connectivity index (χ0) is 16.2. The van der Waals surface area contributed by atoms with E-state index in [1.54, 1.807) is 16.7 Å². The van der Waals surface area contributed by atoms with Gasteiger partial charge in [-0.3, -0.25) is 9.59 Å². The molecule has 118 valence electrons. The van der Waals surface area contributed by atoms with Crippen molar-refractivity contribution in [3.05, 3.63) is 48.5 Å². The van der Waals surface area contributed by atoms with Gasteiger partial charge in [0.1, 0.15) is 6.54 Å². The standard InChI is InChI=1S/C17H16N2O2S2/c1-22-14-8-4-2-6-12(14)18-16(20)10-19-13-7-3-5-9-15(13)23-11-17(19)21/h2-9H,10-11H2,1H3,(H,18,20). The first kappa shape index (κ1) is 16.0. The number of fused-ring (bicyclic) bond motifs is 1. The number of nitrogens with zero attached hydrogens (tertiary/aromatic N) is 1. The van der Waals surface area contributed by atoms with Crippen molar-refractivity contribution in [3.8, 4) is 0 Å². The summed E-state index contributed by atoms with van der Waals surface area (Å²) in [5, 5.41) is 2.90. The van der Waals surface area contributed by atoms with E-state index in [2.05, 4.69) is 5.32 Å². The number of benzene rings is 2. The molecule has 0 saturated carbocycles. The Bertz CT molecular complexity index is 749. The van der Waals surface area contributed by atoms with Crippen molar-refractivity contribution in [1.82, 2.24) is 0 Å². The second-order valence-corrected chi connectivity index (χ2v) is 6.85. The number of thioether (sulfide) groups is 2. The Morgan fingerprint density at radius 2 is 1.96 bits per heavy atom. The Hall–Kier alpha value is -1.92. The minimum atomic E-state index is -0.193. The number of amides is 2. The molecule has 0 atom stereocenters. The molecule has 2 amide bonds. The van der Waals surface area contributed by atoms with E-state index >= 15 is 0 Å². The van der Waals surface area contributed by atoms with Crippen LogP contribution in [0.15, 0.2) is 58.3 Å². The van der Waals surface area contributed by atoms with E-state index in [-0.39, 0.29) is 18.4 Å². The van der Waals surface area contributed by atoms with Crippen LogP contribution in [-0.2, 0) is 9.59 Å². The molecule has 1 aliphatic heterocycles. The van der Waals surface area contributed by atoms with E-state index in [9.17, 15) is 9.59 Å². The molecule has 0 fully saturated rings. The lowest BCUT2D eigenvalue weighted by Gasteiger charge is -2.28. The van der Waals surface area contributed by atoms with Gasteiger partial charge in [0.15, 0.2) is 0 Å². The van der Waals surface area contributed by atoms with Crippen molar-refractivity contribution in [2.24, 2.45) is 0 Å². The van der Waals surface area contributed by atoms with Gasteiger partial charge in [-0.2, -0.15) is 0 Å². The second-order valence-electron chi connectivity index (χ2n) is 4.98. The van der Waals surface area contributed by atoms with Gasteiger partial charge in [0, 0.05) is 9.79 Å². The van der Waals surface area contributed by atoms with Gasteiger partial charge in [0.05, 0.1) is 17.1 Å². The van der Waals surface area contributed by atoms with Crippen LogP contribution in [0.25, 0.3) is 0 Å². The first-order valence-electron chi connectivity index (χ1n) is 7.14. The zero-order valence-electron chi connectivity index (χ0n) is 12.6. The number of carbonyl (C=O) groups is 2. The van der Waals surface area contributed by atoms with Crippen LogP contribution in [0.4, 0.5) is 11.4 Å². The number of para-hydroxylation sites is 2. The average molecular weight is 344 g/mol. The fraction of sp³-hybridized carbons (Fsp3) is 0.176. The van der Waals surface area contributed by atoms with Crippen LogP contribution in [0.5, 0.6) is 0 Å². The van der Waals surface area contributed by atoms with E-state index < -0.39 is 0 Å². The van der Waals surface area contributed by atoms with Crippen molar-refractivity contribution in [2.45, 2.75) is 9.79 Å². The first-order chi connectivity index (χ1) is 11.2. The summed E-state index contributed by atoms with van der Waals surface area (Å²) in [5.74, 6) is 0.134. The van der Waals surface area contributed by atoms with Crippen LogP contribution < -0.4 is 10.2 Å². The van der Waals surface area contributed by atoms with Crippen molar-refractivity contribution >= 4 is 46.7 Å². The van der Waals surface area contributed by atoms with Crippen molar-refractivity contribution in [3.63, 3.8) is 0 Å². The predicted molar refractivity (Wildman–Crippen MR) is 96.4 cm³/mol. The molecule has 0 bridgehead atoms. The van der Waals surface area contributed by atoms with Crippen LogP contribution in [0.2, 0.25) is 0 Å². The maximum atomic E-state index is 12.4. The highest BCUT2D eigenvalue weighted by Gasteiger charge is 2.26. The van der Waals surface area contributed by atoms with Gasteiger partial charge in [-0.1, -0.05) is 24.3 Å². The lowest BCUT2D eigenvalue weighted by Crippen LogP contribution is -2.41. The molecule has 1 heterocycles. The van der Waals surface area contributed by atoms with Crippen LogP contribution in [0.3, 0.4) is 0 Å². The van der Waals surface area contributed by atoms with Crippen LogP contribution in [0.1, 0.15) is 0 Å². The molecule has 6 heteroatoms. The molecule has 23 heavy (non-hydrogen) atoms. The molecular weight excluding hydrogens is 328 g/mol. The van der Waals surface area contributed by atoms with Crippen molar-refractivity contribution < 1.29 is 9.59 Å². The van der Waals surface area contributed by atoms with Crippen LogP contribution in [-0.4, -0.2) is 30.4 Å². The summed E-state index contributed by atoms with van der Waals surface area (Å²) in [6, 6.07) is 15.3. The lowest BCUT2D eigenvalue weighted by molar-refractivity contribution is -0.120. The summed E-state index contributed by atoms with van der Waals surface area (Å²) in [5.41, 5.74) is 1.58. The SMILES string of the molecule is CSc1ccccc1NC(=O)CN1C(=O)CSc2ccccc21. The molecule has 0 saturated heterocycles. The van der Waals surface area contributed by atoms with E-state index in [1.165, 1.54) is 11.8 Å². The van der Waals surface area contributed by atoms with Crippen LogP contribution >= 0.6 is 23.5 Å². The molecule has 0 spiro atoms. The molecule has 2 aromatic rings. The van der Waals surface area contributed by atoms with Gasteiger partial charge in [-0.05, 0) is 30.5 Å². The Kier molecular flexibility index (Phi) is 4.93. The molecule has 1 aliphatic rings. The van der Waals surface area contributed by atoms with E-state index in [4.69, 9.17) is 0 Å². The first-order valence-corrected chi connectivity index (χ1v) is 9.35. The molecule has 3 rings (SSSR count). The number of rotatable bonds is 4. The maximum absolute atomic E-state index is 12.4. The van der Waals surface area contributed by atoms with Gasteiger partial charge in [-0.25, -0.2) is 0 Å². The molecule has 4 nitrogen and oxygen atoms in total. The van der Waals surface area contributed by atoms with E-state index in [0.29, 0.717) is 5.75 Å². The smallest absolute Gasteiger partial charge is 0.244 e. The summed E-state index contributed by atoms with van der Waals surface area (Å²) < 4.78 is 0. The maximum Gasteiger partial charge on any atom is 0.244 e. The third-order valence-corrected chi connectivity index (χ3v) is 5.33. The van der Waals surface area contributed by atoms with Crippen molar-refractivity contribution in [1.29, 1.82) is 0 Å². The molecule has 0 aliphatic carbocycles. The minimum absolute atomic E-state index is 0.0269. The summed E-state index contributed by atoms with van der Waals surface area (Å²) in [7, 11) is 0. The topological polar surface area (TPSA) is 49.4 Å². The highest BCUT2D eigenvalue weighted by molar-refractivity contribution is 8.00. The van der Waals surface area contributed by atoms with Gasteiger partial charge < -0.3 is 10.2 Å². The highest BCUT2D eigenvalue weighted by atomic mass is 32.2. The average Bonchev–Trinajstić information content (AvgIpc) is 2.58. The quantitative estimate of drug-likeness (QED) is 0.863. The lowest BCUT2D eigenvalue weighted by atomic mass is 10.2. The fourth-order valence-electron chi connectivity index (χ4n) is 2.41. The Morgan fingerprint density at radius 1 is 1.22 bits per heavy atom. The van der Waals surface area contributed by atoms with Crippen LogP contribution in [0, 0.1) is 0 Å². The molecule has 0 radical (unpaired) electrons. The number of carbonyl (C=O) groups excluding carboxylic acids is 2.